The predicted molar refractivity (Wildman–Crippen MR) is 91.9 cm³/mol. The Bertz CT molecular complexity index is 596. The van der Waals surface area contributed by atoms with Gasteiger partial charge in [0.25, 0.3) is 0 Å². The van der Waals surface area contributed by atoms with E-state index >= 15 is 0 Å². The van der Waals surface area contributed by atoms with Crippen LogP contribution in [-0.2, 0) is 11.3 Å². The van der Waals surface area contributed by atoms with Crippen LogP contribution in [0.15, 0.2) is 24.3 Å². The Morgan fingerprint density at radius 2 is 1.79 bits per heavy atom. The largest absolute Gasteiger partial charge is 0.338 e. The lowest BCUT2D eigenvalue weighted by Crippen LogP contribution is -2.50. The van der Waals surface area contributed by atoms with Crippen molar-refractivity contribution in [3.05, 3.63) is 35.6 Å². The number of nitrogens with zero attached hydrogens (tertiary/aromatic N) is 2. The normalized spacial score (nSPS) is 29.0. The number of benzene rings is 1. The van der Waals surface area contributed by atoms with E-state index in [2.05, 4.69) is 4.90 Å². The first-order valence-corrected chi connectivity index (χ1v) is 9.44. The molecule has 3 nitrogen and oxygen atoms in total. The summed E-state index contributed by atoms with van der Waals surface area (Å²) in [5.41, 5.74) is 0.869. The van der Waals surface area contributed by atoms with Gasteiger partial charge in [-0.15, -0.1) is 0 Å². The summed E-state index contributed by atoms with van der Waals surface area (Å²) in [5.74, 6) is 0.113. The van der Waals surface area contributed by atoms with E-state index in [1.54, 1.807) is 12.1 Å². The second-order valence-electron chi connectivity index (χ2n) is 7.90. The lowest BCUT2D eigenvalue weighted by atomic mass is 9.78. The molecule has 2 aliphatic heterocycles. The second-order valence-corrected chi connectivity index (χ2v) is 7.90. The Balaban J connectivity index is 1.45. The van der Waals surface area contributed by atoms with Gasteiger partial charge in [0.15, 0.2) is 0 Å². The molecule has 4 rings (SSSR count). The van der Waals surface area contributed by atoms with E-state index in [-0.39, 0.29) is 11.2 Å². The number of hydrogen-bond donors (Lipinski definition) is 0. The summed E-state index contributed by atoms with van der Waals surface area (Å²) < 4.78 is 13.1. The van der Waals surface area contributed by atoms with E-state index in [4.69, 9.17) is 0 Å². The average molecular weight is 330 g/mol. The molecule has 2 heterocycles. The van der Waals surface area contributed by atoms with Gasteiger partial charge in [0, 0.05) is 25.7 Å². The number of rotatable bonds is 3. The third-order valence-electron chi connectivity index (χ3n) is 6.34. The third-order valence-corrected chi connectivity index (χ3v) is 6.34. The van der Waals surface area contributed by atoms with Crippen molar-refractivity contribution < 1.29 is 9.18 Å². The van der Waals surface area contributed by atoms with Gasteiger partial charge in [0.05, 0.1) is 5.41 Å². The maximum Gasteiger partial charge on any atom is 0.230 e. The fourth-order valence-electron chi connectivity index (χ4n) is 4.98. The molecule has 0 radical (unpaired) electrons. The van der Waals surface area contributed by atoms with Crippen LogP contribution in [0.1, 0.15) is 50.5 Å². The van der Waals surface area contributed by atoms with Crippen LogP contribution in [0.3, 0.4) is 0 Å². The van der Waals surface area contributed by atoms with Crippen molar-refractivity contribution in [1.82, 2.24) is 9.80 Å². The fraction of sp³-hybridized carbons (Fsp3) is 0.650. The van der Waals surface area contributed by atoms with Crippen molar-refractivity contribution in [2.75, 3.05) is 19.6 Å². The van der Waals surface area contributed by atoms with Crippen molar-refractivity contribution >= 4 is 5.91 Å². The van der Waals surface area contributed by atoms with Crippen LogP contribution < -0.4 is 0 Å². The number of halogens is 1. The Morgan fingerprint density at radius 1 is 1.04 bits per heavy atom. The first-order valence-electron chi connectivity index (χ1n) is 9.44. The molecule has 0 N–H and O–H groups in total. The van der Waals surface area contributed by atoms with Crippen molar-refractivity contribution in [3.8, 4) is 0 Å². The monoisotopic (exact) mass is 330 g/mol. The molecule has 3 fully saturated rings. The zero-order valence-corrected chi connectivity index (χ0v) is 14.3. The van der Waals surface area contributed by atoms with E-state index in [9.17, 15) is 9.18 Å². The minimum Gasteiger partial charge on any atom is -0.338 e. The standard InChI is InChI=1S/C20H27FN2O/c21-17-8-6-16(7-9-17)14-22-12-3-10-20(19(22)24)11-13-23(15-20)18-4-1-2-5-18/h6-9,18H,1-5,10-15H2. The molecule has 1 atom stereocenters. The highest BCUT2D eigenvalue weighted by molar-refractivity contribution is 5.84. The Kier molecular flexibility index (Phi) is 4.33. The molecular formula is C20H27FN2O. The summed E-state index contributed by atoms with van der Waals surface area (Å²) in [6, 6.07) is 7.27. The highest BCUT2D eigenvalue weighted by Gasteiger charge is 2.49. The fourth-order valence-corrected chi connectivity index (χ4v) is 4.98. The number of carbonyl (C=O) groups excluding carboxylic acids is 1. The number of amides is 1. The highest BCUT2D eigenvalue weighted by atomic mass is 19.1. The molecule has 24 heavy (non-hydrogen) atoms. The maximum absolute atomic E-state index is 13.2. The molecule has 2 saturated heterocycles. The van der Waals surface area contributed by atoms with Crippen molar-refractivity contribution in [1.29, 1.82) is 0 Å². The summed E-state index contributed by atoms with van der Waals surface area (Å²) in [6.45, 7) is 3.49. The van der Waals surface area contributed by atoms with Crippen LogP contribution in [0.4, 0.5) is 4.39 Å². The average Bonchev–Trinajstić information content (AvgIpc) is 3.24. The van der Waals surface area contributed by atoms with Gasteiger partial charge >= 0.3 is 0 Å². The van der Waals surface area contributed by atoms with Crippen molar-refractivity contribution in [3.63, 3.8) is 0 Å². The van der Waals surface area contributed by atoms with Crippen LogP contribution in [0, 0.1) is 11.2 Å². The minimum absolute atomic E-state index is 0.152. The molecule has 1 unspecified atom stereocenters. The summed E-state index contributed by atoms with van der Waals surface area (Å²) in [4.78, 5) is 17.8. The van der Waals surface area contributed by atoms with E-state index in [1.807, 2.05) is 4.90 Å². The van der Waals surface area contributed by atoms with Crippen LogP contribution in [-0.4, -0.2) is 41.4 Å². The summed E-state index contributed by atoms with van der Waals surface area (Å²) in [5, 5.41) is 0. The first-order chi connectivity index (χ1) is 11.7. The van der Waals surface area contributed by atoms with Gasteiger partial charge in [-0.05, 0) is 56.3 Å². The minimum atomic E-state index is -0.219. The smallest absolute Gasteiger partial charge is 0.230 e. The second kappa shape index (κ2) is 6.47. The maximum atomic E-state index is 13.2. The van der Waals surface area contributed by atoms with E-state index in [0.717, 1.165) is 44.5 Å². The number of carbonyl (C=O) groups is 1. The summed E-state index contributed by atoms with van der Waals surface area (Å²) >= 11 is 0. The number of hydrogen-bond acceptors (Lipinski definition) is 2. The zero-order chi connectivity index (χ0) is 16.6. The van der Waals surface area contributed by atoms with Gasteiger partial charge in [-0.3, -0.25) is 9.69 Å². The van der Waals surface area contributed by atoms with Crippen LogP contribution in [0.5, 0.6) is 0 Å². The lowest BCUT2D eigenvalue weighted by molar-refractivity contribution is -0.146. The van der Waals surface area contributed by atoms with Crippen LogP contribution in [0.25, 0.3) is 0 Å². The predicted octanol–water partition coefficient (Wildman–Crippen LogP) is 3.58. The number of piperidine rings is 1. The van der Waals surface area contributed by atoms with Gasteiger partial charge in [-0.25, -0.2) is 4.39 Å². The summed E-state index contributed by atoms with van der Waals surface area (Å²) in [7, 11) is 0. The summed E-state index contributed by atoms with van der Waals surface area (Å²) in [6.07, 6.45) is 8.45. The molecule has 130 valence electrons. The molecule has 3 aliphatic rings. The molecule has 1 aromatic rings. The number of likely N-dealkylation sites (tertiary alicyclic amines) is 2. The van der Waals surface area contributed by atoms with Gasteiger partial charge in [0.2, 0.25) is 5.91 Å². The van der Waals surface area contributed by atoms with E-state index < -0.39 is 0 Å². The van der Waals surface area contributed by atoms with Crippen molar-refractivity contribution in [2.45, 2.75) is 57.5 Å². The first kappa shape index (κ1) is 16.1. The Hall–Kier alpha value is -1.42. The highest BCUT2D eigenvalue weighted by Crippen LogP contribution is 2.42. The molecule has 1 aromatic carbocycles. The quantitative estimate of drug-likeness (QED) is 0.846. The SMILES string of the molecule is O=C1N(Cc2ccc(F)cc2)CCCC12CCN(C1CCCC1)C2. The zero-order valence-electron chi connectivity index (χ0n) is 14.3. The van der Waals surface area contributed by atoms with E-state index in [1.165, 1.54) is 37.8 Å². The van der Waals surface area contributed by atoms with Crippen molar-refractivity contribution in [2.24, 2.45) is 5.41 Å². The topological polar surface area (TPSA) is 23.6 Å². The molecule has 1 aliphatic carbocycles. The molecule has 1 amide bonds. The molecule has 0 aromatic heterocycles. The lowest BCUT2D eigenvalue weighted by Gasteiger charge is -2.40. The molecule has 4 heteroatoms. The van der Waals surface area contributed by atoms with Crippen LogP contribution in [0.2, 0.25) is 0 Å². The van der Waals surface area contributed by atoms with Gasteiger partial charge < -0.3 is 4.90 Å². The van der Waals surface area contributed by atoms with Crippen LogP contribution >= 0.6 is 0 Å². The van der Waals surface area contributed by atoms with Gasteiger partial charge in [-0.2, -0.15) is 0 Å². The molecule has 1 spiro atoms. The van der Waals surface area contributed by atoms with E-state index in [0.29, 0.717) is 18.5 Å². The van der Waals surface area contributed by atoms with Gasteiger partial charge in [0.1, 0.15) is 5.82 Å². The molecule has 0 bridgehead atoms. The molecular weight excluding hydrogens is 303 g/mol. The Labute approximate surface area is 143 Å². The Morgan fingerprint density at radius 3 is 2.54 bits per heavy atom. The third kappa shape index (κ3) is 2.97. The van der Waals surface area contributed by atoms with Gasteiger partial charge in [-0.1, -0.05) is 25.0 Å². The molecule has 1 saturated carbocycles.